The molecule has 4 heterocycles. The van der Waals surface area contributed by atoms with Crippen molar-refractivity contribution in [1.82, 2.24) is 25.1 Å². The number of nitrogens with zero attached hydrogens (tertiary/aromatic N) is 4. The van der Waals surface area contributed by atoms with E-state index >= 15 is 0 Å². The molecular formula is C28H30F4N6O3. The molecule has 2 saturated heterocycles. The maximum absolute atomic E-state index is 14.1. The van der Waals surface area contributed by atoms with E-state index in [2.05, 4.69) is 15.6 Å². The minimum Gasteiger partial charge on any atom is -0.368 e. The van der Waals surface area contributed by atoms with Gasteiger partial charge in [0, 0.05) is 43.4 Å². The number of alkyl halides is 4. The maximum Gasteiger partial charge on any atom is 0.405 e. The lowest BCUT2D eigenvalue weighted by Gasteiger charge is -2.42. The average Bonchev–Trinajstić information content (AvgIpc) is 2.91. The summed E-state index contributed by atoms with van der Waals surface area (Å²) in [6, 6.07) is 8.51. The number of anilines is 1. The van der Waals surface area contributed by atoms with Gasteiger partial charge >= 0.3 is 6.18 Å². The number of hydrogen-bond donors (Lipinski definition) is 2. The average molecular weight is 575 g/mol. The summed E-state index contributed by atoms with van der Waals surface area (Å²) in [5.74, 6) is -1.24. The molecule has 0 bridgehead atoms. The minimum absolute atomic E-state index is 0.0431. The molecule has 5 rings (SSSR count). The zero-order chi connectivity index (χ0) is 29.5. The van der Waals surface area contributed by atoms with Crippen LogP contribution >= 0.6 is 0 Å². The van der Waals surface area contributed by atoms with Crippen molar-refractivity contribution in [3.8, 4) is 0 Å². The number of pyridine rings is 2. The second-order valence-electron chi connectivity index (χ2n) is 10.8. The SMILES string of the molecule is Cc1ccc(CNC(=O)c2cc3c(N4CCNC(C(F)(F)F)C4)ccnc3n(CC(=O)N3CC(C)(F)C3)c2=O)cc1. The van der Waals surface area contributed by atoms with Crippen molar-refractivity contribution in [2.24, 2.45) is 0 Å². The van der Waals surface area contributed by atoms with E-state index in [4.69, 9.17) is 0 Å². The summed E-state index contributed by atoms with van der Waals surface area (Å²) in [6.45, 7) is 2.56. The van der Waals surface area contributed by atoms with Crippen LogP contribution in [0.3, 0.4) is 0 Å². The normalized spacial score (nSPS) is 18.7. The smallest absolute Gasteiger partial charge is 0.368 e. The number of amides is 2. The summed E-state index contributed by atoms with van der Waals surface area (Å²) in [4.78, 5) is 46.9. The van der Waals surface area contributed by atoms with Gasteiger partial charge in [-0.05, 0) is 31.5 Å². The van der Waals surface area contributed by atoms with Crippen LogP contribution in [0.4, 0.5) is 23.2 Å². The highest BCUT2D eigenvalue weighted by Gasteiger charge is 2.43. The Bertz CT molecular complexity index is 1530. The molecule has 0 spiro atoms. The maximum atomic E-state index is 14.1. The monoisotopic (exact) mass is 574 g/mol. The Balaban J connectivity index is 1.54. The Morgan fingerprint density at radius 2 is 1.88 bits per heavy atom. The van der Waals surface area contributed by atoms with E-state index in [-0.39, 0.29) is 49.3 Å². The second kappa shape index (κ2) is 10.8. The lowest BCUT2D eigenvalue weighted by atomic mass is 9.99. The molecule has 218 valence electrons. The van der Waals surface area contributed by atoms with Gasteiger partial charge in [0.15, 0.2) is 0 Å². The van der Waals surface area contributed by atoms with Gasteiger partial charge < -0.3 is 20.4 Å². The molecule has 0 aliphatic carbocycles. The highest BCUT2D eigenvalue weighted by atomic mass is 19.4. The summed E-state index contributed by atoms with van der Waals surface area (Å²) in [7, 11) is 0. The Kier molecular flexibility index (Phi) is 7.49. The van der Waals surface area contributed by atoms with Gasteiger partial charge in [-0.25, -0.2) is 9.37 Å². The van der Waals surface area contributed by atoms with E-state index in [0.29, 0.717) is 5.69 Å². The number of fused-ring (bicyclic) bond motifs is 1. The first-order valence-electron chi connectivity index (χ1n) is 13.2. The van der Waals surface area contributed by atoms with Gasteiger partial charge in [0.25, 0.3) is 11.5 Å². The first-order valence-corrected chi connectivity index (χ1v) is 13.2. The Morgan fingerprint density at radius 3 is 2.54 bits per heavy atom. The Hall–Kier alpha value is -4.00. The van der Waals surface area contributed by atoms with Crippen LogP contribution in [0, 0.1) is 6.92 Å². The number of likely N-dealkylation sites (tertiary alicyclic amines) is 1. The van der Waals surface area contributed by atoms with E-state index < -0.39 is 48.4 Å². The molecule has 3 aromatic rings. The van der Waals surface area contributed by atoms with E-state index in [0.717, 1.165) is 15.7 Å². The number of piperazine rings is 1. The fraction of sp³-hybridized carbons (Fsp3) is 0.429. The van der Waals surface area contributed by atoms with Crippen LogP contribution in [0.25, 0.3) is 11.0 Å². The van der Waals surface area contributed by atoms with Crippen molar-refractivity contribution in [3.63, 3.8) is 0 Å². The largest absolute Gasteiger partial charge is 0.405 e. The predicted molar refractivity (Wildman–Crippen MR) is 145 cm³/mol. The summed E-state index contributed by atoms with van der Waals surface area (Å²) in [5.41, 5.74) is -0.362. The standard InChI is InChI=1S/C28H30F4N6O3/c1-17-3-5-18(6-4-17)12-35-25(40)20-11-19-21(36-10-9-33-22(13-36)28(30,31)32)7-8-34-24(19)38(26(20)41)14-23(39)37-15-27(2,29)16-37/h3-8,11,22,33H,9-10,12-16H2,1-2H3,(H,35,40). The number of hydrogen-bond acceptors (Lipinski definition) is 6. The fourth-order valence-electron chi connectivity index (χ4n) is 5.17. The number of benzene rings is 1. The molecule has 2 amide bonds. The molecular weight excluding hydrogens is 544 g/mol. The Morgan fingerprint density at radius 1 is 1.17 bits per heavy atom. The lowest BCUT2D eigenvalue weighted by molar-refractivity contribution is -0.155. The van der Waals surface area contributed by atoms with E-state index in [1.165, 1.54) is 35.1 Å². The number of halogens is 4. The molecule has 9 nitrogen and oxygen atoms in total. The van der Waals surface area contributed by atoms with Crippen LogP contribution in [0.2, 0.25) is 0 Å². The van der Waals surface area contributed by atoms with Crippen LogP contribution in [0.5, 0.6) is 0 Å². The molecule has 13 heteroatoms. The summed E-state index contributed by atoms with van der Waals surface area (Å²) < 4.78 is 55.7. The summed E-state index contributed by atoms with van der Waals surface area (Å²) in [6.07, 6.45) is -3.12. The molecule has 1 aromatic carbocycles. The van der Waals surface area contributed by atoms with Gasteiger partial charge in [-0.1, -0.05) is 29.8 Å². The molecule has 2 aromatic heterocycles. The number of carbonyl (C=O) groups is 2. The Labute approximate surface area is 233 Å². The molecule has 2 fully saturated rings. The van der Waals surface area contributed by atoms with E-state index in [9.17, 15) is 31.9 Å². The number of aryl methyl sites for hydroxylation is 1. The van der Waals surface area contributed by atoms with Crippen molar-refractivity contribution in [1.29, 1.82) is 0 Å². The van der Waals surface area contributed by atoms with Crippen LogP contribution in [0.1, 0.15) is 28.4 Å². The molecule has 0 radical (unpaired) electrons. The van der Waals surface area contributed by atoms with Crippen molar-refractivity contribution >= 4 is 28.5 Å². The zero-order valence-electron chi connectivity index (χ0n) is 22.6. The van der Waals surface area contributed by atoms with E-state index in [1.54, 1.807) is 0 Å². The second-order valence-corrected chi connectivity index (χ2v) is 10.8. The van der Waals surface area contributed by atoms with Crippen molar-refractivity contribution in [3.05, 3.63) is 69.6 Å². The van der Waals surface area contributed by atoms with Gasteiger partial charge in [0.1, 0.15) is 29.5 Å². The highest BCUT2D eigenvalue weighted by Crippen LogP contribution is 2.30. The predicted octanol–water partition coefficient (Wildman–Crippen LogP) is 2.55. The molecule has 1 atom stereocenters. The minimum atomic E-state index is -4.47. The van der Waals surface area contributed by atoms with E-state index in [1.807, 2.05) is 31.2 Å². The molecule has 2 N–H and O–H groups in total. The number of rotatable bonds is 6. The molecule has 0 saturated carbocycles. The quantitative estimate of drug-likeness (QED) is 0.440. The topological polar surface area (TPSA) is 99.6 Å². The third kappa shape index (κ3) is 6.04. The zero-order valence-corrected chi connectivity index (χ0v) is 22.6. The number of nitrogens with one attached hydrogen (secondary N) is 2. The highest BCUT2D eigenvalue weighted by molar-refractivity contribution is 6.00. The van der Waals surface area contributed by atoms with Gasteiger partial charge in [-0.15, -0.1) is 0 Å². The summed E-state index contributed by atoms with van der Waals surface area (Å²) in [5, 5.41) is 5.43. The van der Waals surface area contributed by atoms with Gasteiger partial charge in [-0.3, -0.25) is 19.0 Å². The van der Waals surface area contributed by atoms with Crippen molar-refractivity contribution in [2.45, 2.75) is 44.8 Å². The van der Waals surface area contributed by atoms with Crippen LogP contribution in [0.15, 0.2) is 47.4 Å². The first-order chi connectivity index (χ1) is 19.3. The van der Waals surface area contributed by atoms with Gasteiger partial charge in [-0.2, -0.15) is 13.2 Å². The van der Waals surface area contributed by atoms with Gasteiger partial charge in [0.05, 0.1) is 13.1 Å². The fourth-order valence-corrected chi connectivity index (χ4v) is 5.17. The van der Waals surface area contributed by atoms with Crippen LogP contribution < -0.4 is 21.1 Å². The number of carbonyl (C=O) groups excluding carboxylic acids is 2. The van der Waals surface area contributed by atoms with Crippen molar-refractivity contribution < 1.29 is 27.2 Å². The molecule has 41 heavy (non-hydrogen) atoms. The third-order valence-corrected chi connectivity index (χ3v) is 7.38. The van der Waals surface area contributed by atoms with Crippen LogP contribution in [-0.2, 0) is 17.9 Å². The molecule has 2 aliphatic heterocycles. The van der Waals surface area contributed by atoms with Gasteiger partial charge in [0.2, 0.25) is 5.91 Å². The van der Waals surface area contributed by atoms with Crippen LogP contribution in [-0.4, -0.2) is 76.9 Å². The number of aromatic nitrogens is 2. The van der Waals surface area contributed by atoms with Crippen molar-refractivity contribution in [2.75, 3.05) is 37.6 Å². The lowest BCUT2D eigenvalue weighted by Crippen LogP contribution is -2.60. The molecule has 2 aliphatic rings. The first kappa shape index (κ1) is 28.5. The molecule has 1 unspecified atom stereocenters. The third-order valence-electron chi connectivity index (χ3n) is 7.38. The summed E-state index contributed by atoms with van der Waals surface area (Å²) >= 11 is 0.